The second kappa shape index (κ2) is 5.49. The first-order valence-corrected chi connectivity index (χ1v) is 5.97. The van der Waals surface area contributed by atoms with E-state index in [2.05, 4.69) is 11.0 Å². The number of aliphatic hydroxyl groups is 1. The fourth-order valence-electron chi connectivity index (χ4n) is 2.46. The van der Waals surface area contributed by atoms with E-state index in [-0.39, 0.29) is 18.7 Å². The summed E-state index contributed by atoms with van der Waals surface area (Å²) >= 11 is 0. The van der Waals surface area contributed by atoms with Gasteiger partial charge in [0.05, 0.1) is 13.7 Å². The lowest BCUT2D eigenvalue weighted by Gasteiger charge is -2.23. The van der Waals surface area contributed by atoms with E-state index >= 15 is 0 Å². The molecule has 0 aromatic heterocycles. The summed E-state index contributed by atoms with van der Waals surface area (Å²) in [6, 6.07) is 8.32. The molecule has 1 aliphatic rings. The Labute approximate surface area is 102 Å². The molecule has 1 saturated heterocycles. The maximum atomic E-state index is 9.33. The first-order valence-electron chi connectivity index (χ1n) is 5.97. The highest BCUT2D eigenvalue weighted by Crippen LogP contribution is 2.24. The van der Waals surface area contributed by atoms with Gasteiger partial charge in [-0.2, -0.15) is 0 Å². The van der Waals surface area contributed by atoms with E-state index < -0.39 is 0 Å². The van der Waals surface area contributed by atoms with E-state index in [1.807, 2.05) is 18.2 Å². The number of nitrogens with two attached hydrogens (primary N) is 1. The molecule has 4 nitrogen and oxygen atoms in total. The summed E-state index contributed by atoms with van der Waals surface area (Å²) in [6.07, 6.45) is 0.867. The van der Waals surface area contributed by atoms with Gasteiger partial charge in [0, 0.05) is 30.7 Å². The first-order chi connectivity index (χ1) is 8.24. The Morgan fingerprint density at radius 2 is 2.24 bits per heavy atom. The lowest BCUT2D eigenvalue weighted by molar-refractivity contribution is 0.152. The molecule has 2 rings (SSSR count). The van der Waals surface area contributed by atoms with Gasteiger partial charge in [-0.05, 0) is 12.5 Å². The molecule has 0 spiro atoms. The van der Waals surface area contributed by atoms with Crippen molar-refractivity contribution in [1.82, 2.24) is 4.90 Å². The summed E-state index contributed by atoms with van der Waals surface area (Å²) in [5.74, 6) is 0.893. The summed E-state index contributed by atoms with van der Waals surface area (Å²) < 4.78 is 5.33. The summed E-state index contributed by atoms with van der Waals surface area (Å²) in [5.41, 5.74) is 7.07. The van der Waals surface area contributed by atoms with Crippen LogP contribution < -0.4 is 10.5 Å². The number of para-hydroxylation sites is 1. The molecule has 1 fully saturated rings. The van der Waals surface area contributed by atoms with E-state index in [4.69, 9.17) is 10.5 Å². The van der Waals surface area contributed by atoms with Crippen LogP contribution in [-0.4, -0.2) is 42.4 Å². The van der Waals surface area contributed by atoms with Crippen molar-refractivity contribution >= 4 is 0 Å². The van der Waals surface area contributed by atoms with Crippen LogP contribution in [0, 0.1) is 0 Å². The minimum atomic E-state index is 0.168. The average molecular weight is 236 g/mol. The predicted octanol–water partition coefficient (Wildman–Crippen LogP) is 0.589. The second-order valence-electron chi connectivity index (χ2n) is 4.57. The highest BCUT2D eigenvalue weighted by atomic mass is 16.5. The molecule has 2 atom stereocenters. The minimum absolute atomic E-state index is 0.168. The van der Waals surface area contributed by atoms with Gasteiger partial charge in [-0.1, -0.05) is 18.2 Å². The van der Waals surface area contributed by atoms with E-state index in [0.29, 0.717) is 0 Å². The zero-order valence-electron chi connectivity index (χ0n) is 10.2. The van der Waals surface area contributed by atoms with Gasteiger partial charge in [-0.25, -0.2) is 0 Å². The largest absolute Gasteiger partial charge is 0.496 e. The lowest BCUT2D eigenvalue weighted by Crippen LogP contribution is -2.32. The molecule has 0 amide bonds. The van der Waals surface area contributed by atoms with Gasteiger partial charge in [0.25, 0.3) is 0 Å². The molecule has 17 heavy (non-hydrogen) atoms. The van der Waals surface area contributed by atoms with Crippen LogP contribution in [0.5, 0.6) is 5.75 Å². The molecule has 0 radical (unpaired) electrons. The number of aliphatic hydroxyl groups excluding tert-OH is 1. The van der Waals surface area contributed by atoms with Crippen LogP contribution in [0.1, 0.15) is 12.0 Å². The molecule has 0 saturated carbocycles. The van der Waals surface area contributed by atoms with Crippen molar-refractivity contribution in [1.29, 1.82) is 0 Å². The van der Waals surface area contributed by atoms with Crippen molar-refractivity contribution in [3.8, 4) is 5.75 Å². The Hall–Kier alpha value is -1.10. The fourth-order valence-corrected chi connectivity index (χ4v) is 2.46. The third-order valence-electron chi connectivity index (χ3n) is 3.34. The second-order valence-corrected chi connectivity index (χ2v) is 4.57. The zero-order chi connectivity index (χ0) is 12.3. The lowest BCUT2D eigenvalue weighted by atomic mass is 10.1. The number of hydrogen-bond donors (Lipinski definition) is 2. The van der Waals surface area contributed by atoms with Gasteiger partial charge in [-0.3, -0.25) is 4.90 Å². The predicted molar refractivity (Wildman–Crippen MR) is 66.9 cm³/mol. The maximum absolute atomic E-state index is 9.33. The Balaban J connectivity index is 2.09. The first kappa shape index (κ1) is 12.4. The third-order valence-corrected chi connectivity index (χ3v) is 3.34. The van der Waals surface area contributed by atoms with Gasteiger partial charge in [0.15, 0.2) is 0 Å². The molecule has 3 N–H and O–H groups in total. The fraction of sp³-hybridized carbons (Fsp3) is 0.538. The van der Waals surface area contributed by atoms with Crippen LogP contribution in [0.25, 0.3) is 0 Å². The van der Waals surface area contributed by atoms with E-state index in [0.717, 1.165) is 30.8 Å². The number of methoxy groups -OCH3 is 1. The number of likely N-dealkylation sites (tertiary alicyclic amines) is 1. The Morgan fingerprint density at radius 3 is 2.94 bits per heavy atom. The van der Waals surface area contributed by atoms with Crippen molar-refractivity contribution in [2.75, 3.05) is 20.3 Å². The SMILES string of the molecule is COc1ccccc1CN1C[C@@H](N)C[C@H]1CO. The van der Waals surface area contributed by atoms with Crippen molar-refractivity contribution in [3.05, 3.63) is 29.8 Å². The molecule has 1 aliphatic heterocycles. The molecule has 0 unspecified atom stereocenters. The van der Waals surface area contributed by atoms with Gasteiger partial charge >= 0.3 is 0 Å². The molecule has 1 heterocycles. The zero-order valence-corrected chi connectivity index (χ0v) is 10.2. The van der Waals surface area contributed by atoms with E-state index in [1.165, 1.54) is 0 Å². The Morgan fingerprint density at radius 1 is 1.47 bits per heavy atom. The topological polar surface area (TPSA) is 58.7 Å². The van der Waals surface area contributed by atoms with E-state index in [1.54, 1.807) is 7.11 Å². The summed E-state index contributed by atoms with van der Waals surface area (Å²) in [6.45, 7) is 1.79. The summed E-state index contributed by atoms with van der Waals surface area (Å²) in [7, 11) is 1.68. The van der Waals surface area contributed by atoms with E-state index in [9.17, 15) is 5.11 Å². The van der Waals surface area contributed by atoms with Gasteiger partial charge < -0.3 is 15.6 Å². The average Bonchev–Trinajstić information content (AvgIpc) is 2.70. The monoisotopic (exact) mass is 236 g/mol. The van der Waals surface area contributed by atoms with Gasteiger partial charge in [0.1, 0.15) is 5.75 Å². The highest BCUT2D eigenvalue weighted by Gasteiger charge is 2.29. The number of ether oxygens (including phenoxy) is 1. The smallest absolute Gasteiger partial charge is 0.123 e. The normalized spacial score (nSPS) is 25.1. The molecule has 0 aliphatic carbocycles. The molecule has 0 bridgehead atoms. The Bertz CT molecular complexity index is 370. The number of nitrogens with zero attached hydrogens (tertiary/aromatic N) is 1. The molecule has 1 aromatic rings. The molecule has 4 heteroatoms. The van der Waals surface area contributed by atoms with Crippen LogP contribution in [0.4, 0.5) is 0 Å². The quantitative estimate of drug-likeness (QED) is 0.803. The van der Waals surface area contributed by atoms with Crippen molar-refractivity contribution < 1.29 is 9.84 Å². The van der Waals surface area contributed by atoms with Crippen LogP contribution in [0.15, 0.2) is 24.3 Å². The minimum Gasteiger partial charge on any atom is -0.496 e. The van der Waals surface area contributed by atoms with Crippen molar-refractivity contribution in [2.24, 2.45) is 5.73 Å². The van der Waals surface area contributed by atoms with Gasteiger partial charge in [0.2, 0.25) is 0 Å². The molecule has 94 valence electrons. The molecular weight excluding hydrogens is 216 g/mol. The van der Waals surface area contributed by atoms with Crippen LogP contribution in [-0.2, 0) is 6.54 Å². The third kappa shape index (κ3) is 2.77. The maximum Gasteiger partial charge on any atom is 0.123 e. The van der Waals surface area contributed by atoms with Gasteiger partial charge in [-0.15, -0.1) is 0 Å². The number of benzene rings is 1. The number of hydrogen-bond acceptors (Lipinski definition) is 4. The van der Waals surface area contributed by atoms with Crippen LogP contribution in [0.3, 0.4) is 0 Å². The van der Waals surface area contributed by atoms with Crippen LogP contribution in [0.2, 0.25) is 0 Å². The van der Waals surface area contributed by atoms with Crippen molar-refractivity contribution in [2.45, 2.75) is 25.0 Å². The summed E-state index contributed by atoms with van der Waals surface area (Å²) in [4.78, 5) is 2.22. The van der Waals surface area contributed by atoms with Crippen molar-refractivity contribution in [3.63, 3.8) is 0 Å². The summed E-state index contributed by atoms with van der Waals surface area (Å²) in [5, 5.41) is 9.33. The molecular formula is C13H20N2O2. The standard InChI is InChI=1S/C13H20N2O2/c1-17-13-5-3-2-4-10(13)7-15-8-11(14)6-12(15)9-16/h2-5,11-12,16H,6-9,14H2,1H3/t11-,12-/m0/s1. The highest BCUT2D eigenvalue weighted by molar-refractivity contribution is 5.33. The molecule has 1 aromatic carbocycles. The number of rotatable bonds is 4. The van der Waals surface area contributed by atoms with Crippen LogP contribution >= 0.6 is 0 Å². The Kier molecular flexibility index (Phi) is 3.99.